The molecule has 1 aliphatic rings. The summed E-state index contributed by atoms with van der Waals surface area (Å²) in [7, 11) is 0. The highest BCUT2D eigenvalue weighted by atomic mass is 35.5. The minimum atomic E-state index is -0.670. The zero-order valence-electron chi connectivity index (χ0n) is 15.2. The van der Waals surface area contributed by atoms with Gasteiger partial charge >= 0.3 is 0 Å². The fourth-order valence-electron chi connectivity index (χ4n) is 2.68. The smallest absolute Gasteiger partial charge is 0.266 e. The average molecular weight is 435 g/mol. The highest BCUT2D eigenvalue weighted by molar-refractivity contribution is 8.26. The number of thiocarbonyl (C=S) groups is 1. The van der Waals surface area contributed by atoms with E-state index in [0.29, 0.717) is 20.8 Å². The van der Waals surface area contributed by atoms with Gasteiger partial charge in [0.1, 0.15) is 10.4 Å². The standard InChI is InChI=1S/C19H19ClN4O2S2/c1-13(17(25)22-7-2-9-23-10-8-21-12-23)24-18(26)16(28-19(24)27)11-14-3-5-15(20)6-4-14/h3-6,8,10-13H,2,7,9H2,1H3,(H,22,25). The summed E-state index contributed by atoms with van der Waals surface area (Å²) in [4.78, 5) is 31.0. The Bertz CT molecular complexity index is 897. The molecule has 146 valence electrons. The van der Waals surface area contributed by atoms with Crippen LogP contribution in [0.25, 0.3) is 6.08 Å². The van der Waals surface area contributed by atoms with Gasteiger partial charge in [-0.05, 0) is 37.1 Å². The first-order valence-corrected chi connectivity index (χ1v) is 10.3. The molecule has 0 aliphatic carbocycles. The maximum Gasteiger partial charge on any atom is 0.266 e. The SMILES string of the molecule is CC(C(=O)NCCCn1ccnc1)N1C(=O)C(=Cc2ccc(Cl)cc2)SC1=S. The molecule has 1 aromatic heterocycles. The summed E-state index contributed by atoms with van der Waals surface area (Å²) in [6.07, 6.45) is 7.84. The summed E-state index contributed by atoms with van der Waals surface area (Å²) in [5.41, 5.74) is 0.849. The Morgan fingerprint density at radius 1 is 1.39 bits per heavy atom. The number of thioether (sulfide) groups is 1. The first-order chi connectivity index (χ1) is 13.5. The van der Waals surface area contributed by atoms with E-state index < -0.39 is 6.04 Å². The minimum absolute atomic E-state index is 0.227. The van der Waals surface area contributed by atoms with Crippen molar-refractivity contribution in [2.24, 2.45) is 0 Å². The molecule has 0 spiro atoms. The molecule has 2 heterocycles. The van der Waals surface area contributed by atoms with Gasteiger partial charge in [0.05, 0.1) is 11.2 Å². The summed E-state index contributed by atoms with van der Waals surface area (Å²) in [6, 6.07) is 6.50. The van der Waals surface area contributed by atoms with Gasteiger partial charge in [-0.3, -0.25) is 14.5 Å². The number of aryl methyl sites for hydroxylation is 1. The molecule has 2 aromatic rings. The number of hydrogen-bond acceptors (Lipinski definition) is 5. The van der Waals surface area contributed by atoms with Crippen molar-refractivity contribution in [3.8, 4) is 0 Å². The van der Waals surface area contributed by atoms with Gasteiger partial charge in [0.2, 0.25) is 5.91 Å². The Kier molecular flexibility index (Phi) is 6.88. The number of nitrogens with zero attached hydrogens (tertiary/aromatic N) is 3. The minimum Gasteiger partial charge on any atom is -0.354 e. The summed E-state index contributed by atoms with van der Waals surface area (Å²) in [6.45, 7) is 2.96. The van der Waals surface area contributed by atoms with E-state index >= 15 is 0 Å². The molecule has 28 heavy (non-hydrogen) atoms. The average Bonchev–Trinajstić information content (AvgIpc) is 3.28. The molecule has 1 fully saturated rings. The highest BCUT2D eigenvalue weighted by Crippen LogP contribution is 2.34. The zero-order valence-corrected chi connectivity index (χ0v) is 17.6. The van der Waals surface area contributed by atoms with Gasteiger partial charge in [0, 0.05) is 30.5 Å². The number of benzene rings is 1. The van der Waals surface area contributed by atoms with Crippen LogP contribution in [0, 0.1) is 0 Å². The second-order valence-electron chi connectivity index (χ2n) is 6.22. The van der Waals surface area contributed by atoms with Crippen molar-refractivity contribution >= 4 is 57.8 Å². The third-order valence-corrected chi connectivity index (χ3v) is 5.79. The van der Waals surface area contributed by atoms with E-state index in [0.717, 1.165) is 18.5 Å². The molecule has 6 nitrogen and oxygen atoms in total. The predicted molar refractivity (Wildman–Crippen MR) is 116 cm³/mol. The number of halogens is 1. The Morgan fingerprint density at radius 3 is 2.82 bits per heavy atom. The molecule has 0 saturated carbocycles. The van der Waals surface area contributed by atoms with Gasteiger partial charge in [-0.2, -0.15) is 0 Å². The van der Waals surface area contributed by atoms with Crippen LogP contribution in [0.1, 0.15) is 18.9 Å². The normalized spacial score (nSPS) is 16.6. The van der Waals surface area contributed by atoms with E-state index in [9.17, 15) is 9.59 Å². The molecule has 9 heteroatoms. The Balaban J connectivity index is 1.57. The lowest BCUT2D eigenvalue weighted by molar-refractivity contribution is -0.132. The van der Waals surface area contributed by atoms with Gasteiger partial charge in [-0.25, -0.2) is 4.98 Å². The van der Waals surface area contributed by atoms with E-state index in [4.69, 9.17) is 23.8 Å². The van der Waals surface area contributed by atoms with Crippen LogP contribution in [0.15, 0.2) is 47.9 Å². The number of nitrogens with one attached hydrogen (secondary N) is 1. The molecular weight excluding hydrogens is 416 g/mol. The van der Waals surface area contributed by atoms with Crippen molar-refractivity contribution in [2.45, 2.75) is 25.9 Å². The Labute approximate surface area is 177 Å². The van der Waals surface area contributed by atoms with Crippen LogP contribution in [-0.2, 0) is 16.1 Å². The number of imidazole rings is 1. The van der Waals surface area contributed by atoms with Crippen molar-refractivity contribution < 1.29 is 9.59 Å². The molecule has 3 rings (SSSR count). The van der Waals surface area contributed by atoms with Crippen molar-refractivity contribution in [1.82, 2.24) is 19.8 Å². The maximum atomic E-state index is 12.8. The van der Waals surface area contributed by atoms with Gasteiger partial charge in [-0.1, -0.05) is 47.7 Å². The molecule has 0 bridgehead atoms. The van der Waals surface area contributed by atoms with E-state index in [1.165, 1.54) is 16.7 Å². The summed E-state index contributed by atoms with van der Waals surface area (Å²) in [5, 5.41) is 3.49. The Hall–Kier alpha value is -2.16. The number of amides is 2. The number of hydrogen-bond donors (Lipinski definition) is 1. The Morgan fingerprint density at radius 2 is 2.14 bits per heavy atom. The molecule has 1 atom stereocenters. The molecule has 0 radical (unpaired) electrons. The summed E-state index contributed by atoms with van der Waals surface area (Å²) in [5.74, 6) is -0.485. The lowest BCUT2D eigenvalue weighted by atomic mass is 10.2. The van der Waals surface area contributed by atoms with Crippen molar-refractivity contribution in [2.75, 3.05) is 6.54 Å². The number of rotatable bonds is 7. The van der Waals surface area contributed by atoms with Gasteiger partial charge in [0.25, 0.3) is 5.91 Å². The van der Waals surface area contributed by atoms with E-state index in [1.807, 2.05) is 22.9 Å². The zero-order chi connectivity index (χ0) is 20.1. The molecule has 2 amide bonds. The van der Waals surface area contributed by atoms with Crippen LogP contribution in [0.3, 0.4) is 0 Å². The van der Waals surface area contributed by atoms with E-state index in [1.54, 1.807) is 37.7 Å². The lowest BCUT2D eigenvalue weighted by Crippen LogP contribution is -2.47. The molecule has 1 aromatic carbocycles. The lowest BCUT2D eigenvalue weighted by Gasteiger charge is -2.22. The van der Waals surface area contributed by atoms with Crippen LogP contribution in [-0.4, -0.2) is 43.2 Å². The van der Waals surface area contributed by atoms with Crippen LogP contribution in [0.5, 0.6) is 0 Å². The van der Waals surface area contributed by atoms with E-state index in [2.05, 4.69) is 10.3 Å². The quantitative estimate of drug-likeness (QED) is 0.411. The fraction of sp³-hybridized carbons (Fsp3) is 0.263. The van der Waals surface area contributed by atoms with Gasteiger partial charge < -0.3 is 9.88 Å². The first kappa shape index (κ1) is 20.6. The monoisotopic (exact) mass is 434 g/mol. The predicted octanol–water partition coefficient (Wildman–Crippen LogP) is 3.33. The third-order valence-electron chi connectivity index (χ3n) is 4.21. The molecule has 1 unspecified atom stereocenters. The summed E-state index contributed by atoms with van der Waals surface area (Å²) < 4.78 is 2.32. The largest absolute Gasteiger partial charge is 0.354 e. The van der Waals surface area contributed by atoms with Gasteiger partial charge in [-0.15, -0.1) is 0 Å². The molecule has 1 saturated heterocycles. The number of aromatic nitrogens is 2. The fourth-order valence-corrected chi connectivity index (χ4v) is 4.23. The topological polar surface area (TPSA) is 67.2 Å². The second kappa shape index (κ2) is 9.36. The van der Waals surface area contributed by atoms with Crippen LogP contribution in [0.2, 0.25) is 5.02 Å². The van der Waals surface area contributed by atoms with Crippen molar-refractivity contribution in [1.29, 1.82) is 0 Å². The highest BCUT2D eigenvalue weighted by Gasteiger charge is 2.38. The van der Waals surface area contributed by atoms with Crippen molar-refractivity contribution in [3.63, 3.8) is 0 Å². The van der Waals surface area contributed by atoms with Crippen LogP contribution in [0.4, 0.5) is 0 Å². The van der Waals surface area contributed by atoms with Gasteiger partial charge in [0.15, 0.2) is 0 Å². The second-order valence-corrected chi connectivity index (χ2v) is 8.34. The van der Waals surface area contributed by atoms with Crippen molar-refractivity contribution in [3.05, 3.63) is 58.5 Å². The number of carbonyl (C=O) groups excluding carboxylic acids is 2. The van der Waals surface area contributed by atoms with E-state index in [-0.39, 0.29) is 11.8 Å². The maximum absolute atomic E-state index is 12.8. The molecule has 1 N–H and O–H groups in total. The number of carbonyl (C=O) groups is 2. The van der Waals surface area contributed by atoms with Crippen LogP contribution < -0.4 is 5.32 Å². The van der Waals surface area contributed by atoms with Crippen LogP contribution >= 0.6 is 35.6 Å². The first-order valence-electron chi connectivity index (χ1n) is 8.72. The molecular formula is C19H19ClN4O2S2. The molecule has 1 aliphatic heterocycles. The summed E-state index contributed by atoms with van der Waals surface area (Å²) >= 11 is 12.4. The third kappa shape index (κ3) is 5.01.